The van der Waals surface area contributed by atoms with Crippen molar-refractivity contribution in [3.05, 3.63) is 63.7 Å². The van der Waals surface area contributed by atoms with Crippen molar-refractivity contribution in [3.63, 3.8) is 0 Å². The molecule has 2 rings (SSSR count). The molecule has 2 heteroatoms. The van der Waals surface area contributed by atoms with Crippen LogP contribution in [0.4, 0.5) is 0 Å². The van der Waals surface area contributed by atoms with E-state index in [1.54, 1.807) is 7.11 Å². The number of carbonyl (C=O) groups is 1. The van der Waals surface area contributed by atoms with Crippen molar-refractivity contribution in [3.8, 4) is 5.75 Å². The summed E-state index contributed by atoms with van der Waals surface area (Å²) < 4.78 is 5.29. The highest BCUT2D eigenvalue weighted by molar-refractivity contribution is 6.10. The quantitative estimate of drug-likeness (QED) is 0.781. The molecule has 0 bridgehead atoms. The van der Waals surface area contributed by atoms with Gasteiger partial charge in [-0.15, -0.1) is 0 Å². The van der Waals surface area contributed by atoms with Crippen LogP contribution in [-0.2, 0) is 0 Å². The maximum Gasteiger partial charge on any atom is 0.193 e. The van der Waals surface area contributed by atoms with E-state index in [4.69, 9.17) is 4.74 Å². The molecule has 0 fully saturated rings. The molecule has 0 spiro atoms. The fourth-order valence-electron chi connectivity index (χ4n) is 2.52. The third-order valence-corrected chi connectivity index (χ3v) is 3.47. The molecule has 0 amide bonds. The van der Waals surface area contributed by atoms with Gasteiger partial charge in [-0.2, -0.15) is 0 Å². The fraction of sp³-hybridized carbons (Fsp3) is 0.278. The Morgan fingerprint density at radius 2 is 1.45 bits per heavy atom. The van der Waals surface area contributed by atoms with Crippen molar-refractivity contribution in [2.45, 2.75) is 27.7 Å². The van der Waals surface area contributed by atoms with Crippen LogP contribution in [0.5, 0.6) is 5.75 Å². The molecule has 0 atom stereocenters. The van der Waals surface area contributed by atoms with Gasteiger partial charge in [0.2, 0.25) is 0 Å². The van der Waals surface area contributed by atoms with Crippen molar-refractivity contribution < 1.29 is 9.53 Å². The summed E-state index contributed by atoms with van der Waals surface area (Å²) in [6.07, 6.45) is 0. The zero-order valence-corrected chi connectivity index (χ0v) is 12.7. The zero-order chi connectivity index (χ0) is 14.9. The normalized spacial score (nSPS) is 10.4. The lowest BCUT2D eigenvalue weighted by atomic mass is 9.95. The van der Waals surface area contributed by atoms with Crippen LogP contribution in [0.3, 0.4) is 0 Å². The number of methoxy groups -OCH3 is 1. The first-order valence-electron chi connectivity index (χ1n) is 6.70. The Balaban J connectivity index is 2.50. The summed E-state index contributed by atoms with van der Waals surface area (Å²) in [6.45, 7) is 7.92. The van der Waals surface area contributed by atoms with E-state index in [9.17, 15) is 4.79 Å². The number of ether oxygens (including phenoxy) is 1. The van der Waals surface area contributed by atoms with Crippen LogP contribution in [-0.4, -0.2) is 12.9 Å². The third-order valence-electron chi connectivity index (χ3n) is 3.47. The molecular formula is C18H20O2. The SMILES string of the molecule is COc1cc(C)c(C(=O)c2cc(C)cc(C)c2)cc1C. The van der Waals surface area contributed by atoms with Crippen molar-refractivity contribution in [2.24, 2.45) is 0 Å². The van der Waals surface area contributed by atoms with Crippen molar-refractivity contribution in [1.82, 2.24) is 0 Å². The van der Waals surface area contributed by atoms with Gasteiger partial charge >= 0.3 is 0 Å². The van der Waals surface area contributed by atoms with Gasteiger partial charge in [0.1, 0.15) is 5.75 Å². The van der Waals surface area contributed by atoms with Gasteiger partial charge in [0.25, 0.3) is 0 Å². The number of ketones is 1. The molecule has 0 aromatic heterocycles. The van der Waals surface area contributed by atoms with Gasteiger partial charge in [-0.25, -0.2) is 0 Å². The van der Waals surface area contributed by atoms with Gasteiger partial charge in [0, 0.05) is 11.1 Å². The molecular weight excluding hydrogens is 248 g/mol. The monoisotopic (exact) mass is 268 g/mol. The molecule has 2 aromatic carbocycles. The van der Waals surface area contributed by atoms with E-state index in [0.29, 0.717) is 0 Å². The summed E-state index contributed by atoms with van der Waals surface area (Å²) >= 11 is 0. The highest BCUT2D eigenvalue weighted by Gasteiger charge is 2.14. The molecule has 0 N–H and O–H groups in total. The number of hydrogen-bond donors (Lipinski definition) is 0. The maximum atomic E-state index is 12.7. The molecule has 2 nitrogen and oxygen atoms in total. The number of rotatable bonds is 3. The smallest absolute Gasteiger partial charge is 0.193 e. The highest BCUT2D eigenvalue weighted by atomic mass is 16.5. The summed E-state index contributed by atoms with van der Waals surface area (Å²) in [5.74, 6) is 0.888. The predicted molar refractivity (Wildman–Crippen MR) is 81.8 cm³/mol. The molecule has 0 aliphatic heterocycles. The summed E-state index contributed by atoms with van der Waals surface area (Å²) in [5, 5.41) is 0. The second-order valence-electron chi connectivity index (χ2n) is 5.34. The Labute approximate surface area is 120 Å². The molecule has 0 aliphatic rings. The van der Waals surface area contributed by atoms with Crippen LogP contribution in [0.1, 0.15) is 38.2 Å². The number of carbonyl (C=O) groups excluding carboxylic acids is 1. The maximum absolute atomic E-state index is 12.7. The second kappa shape index (κ2) is 5.49. The molecule has 0 saturated heterocycles. The summed E-state index contributed by atoms with van der Waals surface area (Å²) in [5.41, 5.74) is 5.62. The van der Waals surface area contributed by atoms with Gasteiger partial charge in [-0.1, -0.05) is 17.2 Å². The van der Waals surface area contributed by atoms with Gasteiger partial charge in [-0.05, 0) is 63.1 Å². The van der Waals surface area contributed by atoms with Gasteiger partial charge in [0.15, 0.2) is 5.78 Å². The predicted octanol–water partition coefficient (Wildman–Crippen LogP) is 4.16. The standard InChI is InChI=1S/C18H20O2/c1-11-6-12(2)8-15(7-11)18(19)16-9-14(4)17(20-5)10-13(16)3/h6-10H,1-5H3. The lowest BCUT2D eigenvalue weighted by Crippen LogP contribution is -2.06. The zero-order valence-electron chi connectivity index (χ0n) is 12.7. The van der Waals surface area contributed by atoms with Crippen LogP contribution < -0.4 is 4.74 Å². The van der Waals surface area contributed by atoms with E-state index in [0.717, 1.165) is 39.1 Å². The van der Waals surface area contributed by atoms with E-state index in [1.807, 2.05) is 52.0 Å². The second-order valence-corrected chi connectivity index (χ2v) is 5.34. The fourth-order valence-corrected chi connectivity index (χ4v) is 2.52. The number of hydrogen-bond acceptors (Lipinski definition) is 2. The van der Waals surface area contributed by atoms with Crippen molar-refractivity contribution in [2.75, 3.05) is 7.11 Å². The Bertz CT molecular complexity index is 649. The van der Waals surface area contributed by atoms with Crippen LogP contribution in [0.15, 0.2) is 30.3 Å². The Morgan fingerprint density at radius 1 is 0.850 bits per heavy atom. The van der Waals surface area contributed by atoms with Gasteiger partial charge in [-0.3, -0.25) is 4.79 Å². The van der Waals surface area contributed by atoms with Crippen LogP contribution >= 0.6 is 0 Å². The minimum absolute atomic E-state index is 0.0695. The van der Waals surface area contributed by atoms with E-state index < -0.39 is 0 Å². The minimum atomic E-state index is 0.0695. The number of aryl methyl sites for hydroxylation is 4. The van der Waals surface area contributed by atoms with Crippen LogP contribution in [0.25, 0.3) is 0 Å². The minimum Gasteiger partial charge on any atom is -0.496 e. The number of benzene rings is 2. The average Bonchev–Trinajstić information content (AvgIpc) is 2.39. The summed E-state index contributed by atoms with van der Waals surface area (Å²) in [7, 11) is 1.65. The van der Waals surface area contributed by atoms with Gasteiger partial charge < -0.3 is 4.74 Å². The molecule has 0 saturated carbocycles. The van der Waals surface area contributed by atoms with Crippen molar-refractivity contribution in [1.29, 1.82) is 0 Å². The Morgan fingerprint density at radius 3 is 2.00 bits per heavy atom. The molecule has 0 unspecified atom stereocenters. The largest absolute Gasteiger partial charge is 0.496 e. The molecule has 0 aliphatic carbocycles. The molecule has 0 heterocycles. The summed E-state index contributed by atoms with van der Waals surface area (Å²) in [6, 6.07) is 9.78. The lowest BCUT2D eigenvalue weighted by molar-refractivity contribution is 0.103. The highest BCUT2D eigenvalue weighted by Crippen LogP contribution is 2.25. The van der Waals surface area contributed by atoms with Crippen molar-refractivity contribution >= 4 is 5.78 Å². The first kappa shape index (κ1) is 14.3. The van der Waals surface area contributed by atoms with E-state index >= 15 is 0 Å². The molecule has 2 aromatic rings. The van der Waals surface area contributed by atoms with Crippen LogP contribution in [0, 0.1) is 27.7 Å². The van der Waals surface area contributed by atoms with E-state index in [-0.39, 0.29) is 5.78 Å². The average molecular weight is 268 g/mol. The van der Waals surface area contributed by atoms with Gasteiger partial charge in [0.05, 0.1) is 7.11 Å². The first-order valence-corrected chi connectivity index (χ1v) is 6.70. The molecule has 104 valence electrons. The van der Waals surface area contributed by atoms with Crippen LogP contribution in [0.2, 0.25) is 0 Å². The molecule has 0 radical (unpaired) electrons. The van der Waals surface area contributed by atoms with E-state index in [1.165, 1.54) is 0 Å². The summed E-state index contributed by atoms with van der Waals surface area (Å²) in [4.78, 5) is 12.7. The first-order chi connectivity index (χ1) is 9.42. The van der Waals surface area contributed by atoms with E-state index in [2.05, 4.69) is 6.07 Å². The lowest BCUT2D eigenvalue weighted by Gasteiger charge is -2.11. The molecule has 20 heavy (non-hydrogen) atoms. The third kappa shape index (κ3) is 2.74. The Kier molecular flexibility index (Phi) is 3.93. The topological polar surface area (TPSA) is 26.3 Å². The Hall–Kier alpha value is -2.09.